The number of non-ortho nitro benzene ring substituents is 1. The molecule has 0 unspecified atom stereocenters. The number of hydrogen-bond acceptors (Lipinski definition) is 8. The normalized spacial score (nSPS) is 21.7. The van der Waals surface area contributed by atoms with Crippen molar-refractivity contribution < 1.29 is 27.2 Å². The molecule has 9 nitrogen and oxygen atoms in total. The molecule has 1 saturated heterocycles. The van der Waals surface area contributed by atoms with Crippen LogP contribution >= 0.6 is 0 Å². The van der Waals surface area contributed by atoms with Crippen LogP contribution in [-0.4, -0.2) is 47.5 Å². The zero-order valence-corrected chi connectivity index (χ0v) is 22.1. The van der Waals surface area contributed by atoms with Gasteiger partial charge in [0.1, 0.15) is 5.75 Å². The van der Waals surface area contributed by atoms with Crippen LogP contribution in [0.1, 0.15) is 44.1 Å². The molecule has 1 aliphatic heterocycles. The van der Waals surface area contributed by atoms with E-state index in [4.69, 9.17) is 4.42 Å². The molecule has 5 rings (SSSR count). The molecule has 2 N–H and O–H groups in total. The van der Waals surface area contributed by atoms with E-state index in [0.29, 0.717) is 22.9 Å². The van der Waals surface area contributed by atoms with E-state index in [-0.39, 0.29) is 34.5 Å². The van der Waals surface area contributed by atoms with Gasteiger partial charge in [-0.25, -0.2) is 4.98 Å². The van der Waals surface area contributed by atoms with Gasteiger partial charge in [-0.15, -0.1) is 13.2 Å². The lowest BCUT2D eigenvalue weighted by molar-refractivity contribution is -0.384. The fraction of sp³-hybridized carbons (Fsp3) is 0.464. The number of hydrogen-bond donors (Lipinski definition) is 2. The summed E-state index contributed by atoms with van der Waals surface area (Å²) >= 11 is 0. The van der Waals surface area contributed by atoms with Gasteiger partial charge < -0.3 is 24.7 Å². The van der Waals surface area contributed by atoms with Crippen LogP contribution in [0.25, 0.3) is 11.3 Å². The van der Waals surface area contributed by atoms with Crippen LogP contribution in [0.4, 0.5) is 30.6 Å². The van der Waals surface area contributed by atoms with Crippen LogP contribution in [0, 0.1) is 17.0 Å². The summed E-state index contributed by atoms with van der Waals surface area (Å²) in [6.45, 7) is 3.42. The Morgan fingerprint density at radius 2 is 1.82 bits per heavy atom. The molecule has 3 aromatic rings. The van der Waals surface area contributed by atoms with Gasteiger partial charge in [-0.1, -0.05) is 12.8 Å². The molecule has 3 atom stereocenters. The summed E-state index contributed by atoms with van der Waals surface area (Å²) in [5.41, 5.74) is 2.29. The molecule has 0 radical (unpaired) electrons. The third kappa shape index (κ3) is 6.85. The Morgan fingerprint density at radius 3 is 2.52 bits per heavy atom. The van der Waals surface area contributed by atoms with Crippen molar-refractivity contribution in [2.24, 2.45) is 0 Å². The number of rotatable bonds is 8. The number of ether oxygens (including phenoxy) is 1. The maximum atomic E-state index is 12.5. The van der Waals surface area contributed by atoms with E-state index in [1.165, 1.54) is 18.2 Å². The summed E-state index contributed by atoms with van der Waals surface area (Å²) in [6.07, 6.45) is 3.07. The van der Waals surface area contributed by atoms with Crippen LogP contribution in [0.5, 0.6) is 5.75 Å². The second-order valence-corrected chi connectivity index (χ2v) is 10.4. The van der Waals surface area contributed by atoms with Crippen molar-refractivity contribution in [2.75, 3.05) is 23.3 Å². The number of aromatic nitrogens is 1. The summed E-state index contributed by atoms with van der Waals surface area (Å²) in [4.78, 5) is 17.3. The predicted molar refractivity (Wildman–Crippen MR) is 144 cm³/mol. The fourth-order valence-corrected chi connectivity index (χ4v) is 5.67. The lowest BCUT2D eigenvalue weighted by Crippen LogP contribution is -2.54. The summed E-state index contributed by atoms with van der Waals surface area (Å²) < 4.78 is 47.6. The van der Waals surface area contributed by atoms with Gasteiger partial charge in [-0.3, -0.25) is 10.1 Å². The van der Waals surface area contributed by atoms with Crippen molar-refractivity contribution in [1.29, 1.82) is 0 Å². The molecule has 0 spiro atoms. The monoisotopic (exact) mass is 559 g/mol. The van der Waals surface area contributed by atoms with Gasteiger partial charge in [-0.05, 0) is 68.5 Å². The molecule has 2 heterocycles. The van der Waals surface area contributed by atoms with E-state index in [9.17, 15) is 23.3 Å². The Hall–Kier alpha value is -3.80. The van der Waals surface area contributed by atoms with Crippen molar-refractivity contribution in [3.63, 3.8) is 0 Å². The number of nitrogens with one attached hydrogen (secondary N) is 2. The van der Waals surface area contributed by atoms with E-state index in [1.54, 1.807) is 25.3 Å². The molecule has 1 aromatic heterocycles. The second kappa shape index (κ2) is 11.7. The molecule has 1 saturated carbocycles. The molecule has 2 aliphatic rings. The Kier molecular flexibility index (Phi) is 8.15. The SMILES string of the molecule is Cc1cc(OC(F)(F)F)ccc1-c1cnc(N[C@@H]2CCCC[C@H]2N[C@H]2CCCN(c3ccc([N+](=O)[O-])cc3)C2)o1. The van der Waals surface area contributed by atoms with Gasteiger partial charge in [0.05, 0.1) is 11.1 Å². The van der Waals surface area contributed by atoms with Crippen molar-refractivity contribution in [3.8, 4) is 17.1 Å². The largest absolute Gasteiger partial charge is 0.573 e. The number of nitro groups is 1. The Morgan fingerprint density at radius 1 is 1.07 bits per heavy atom. The van der Waals surface area contributed by atoms with E-state index in [0.717, 1.165) is 57.3 Å². The number of halogens is 3. The van der Waals surface area contributed by atoms with E-state index in [2.05, 4.69) is 25.3 Å². The molecule has 2 aromatic carbocycles. The third-order valence-corrected chi connectivity index (χ3v) is 7.57. The second-order valence-electron chi connectivity index (χ2n) is 10.4. The van der Waals surface area contributed by atoms with Crippen molar-refractivity contribution in [2.45, 2.75) is 69.9 Å². The molecule has 214 valence electrons. The van der Waals surface area contributed by atoms with Crippen molar-refractivity contribution in [3.05, 3.63) is 64.3 Å². The van der Waals surface area contributed by atoms with Crippen LogP contribution in [-0.2, 0) is 0 Å². The highest BCUT2D eigenvalue weighted by Crippen LogP contribution is 2.32. The number of anilines is 2. The summed E-state index contributed by atoms with van der Waals surface area (Å²) in [7, 11) is 0. The van der Waals surface area contributed by atoms with Gasteiger partial charge in [0.15, 0.2) is 5.76 Å². The summed E-state index contributed by atoms with van der Waals surface area (Å²) in [5, 5.41) is 18.3. The van der Waals surface area contributed by atoms with E-state index >= 15 is 0 Å². The number of nitrogens with zero attached hydrogens (tertiary/aromatic N) is 3. The highest BCUT2D eigenvalue weighted by atomic mass is 19.4. The van der Waals surface area contributed by atoms with Crippen LogP contribution < -0.4 is 20.3 Å². The Bertz CT molecular complexity index is 1310. The van der Waals surface area contributed by atoms with Crippen LogP contribution in [0.15, 0.2) is 53.1 Å². The molecular weight excluding hydrogens is 527 g/mol. The number of piperidine rings is 1. The van der Waals surface area contributed by atoms with E-state index in [1.807, 2.05) is 12.1 Å². The average molecular weight is 560 g/mol. The van der Waals surface area contributed by atoms with Gasteiger partial charge in [0.25, 0.3) is 11.7 Å². The summed E-state index contributed by atoms with van der Waals surface area (Å²) in [6, 6.07) is 11.8. The molecule has 12 heteroatoms. The Labute approximate surface area is 229 Å². The summed E-state index contributed by atoms with van der Waals surface area (Å²) in [5.74, 6) is 0.183. The highest BCUT2D eigenvalue weighted by molar-refractivity contribution is 5.63. The lowest BCUT2D eigenvalue weighted by Gasteiger charge is -2.40. The zero-order valence-electron chi connectivity index (χ0n) is 22.1. The molecular formula is C28H32F3N5O4. The standard InChI is InChI=1S/C28H32F3N5O4/c1-18-15-22(40-28(29,30)31)12-13-23(18)26-16-32-27(39-26)34-25-7-3-2-6-24(25)33-19-5-4-14-35(17-19)20-8-10-21(11-9-20)36(37)38/h8-13,15-16,19,24-25,33H,2-7,14,17H2,1H3,(H,32,34)/t19-,24+,25+/m0/s1. The first-order chi connectivity index (χ1) is 19.1. The molecule has 40 heavy (non-hydrogen) atoms. The predicted octanol–water partition coefficient (Wildman–Crippen LogP) is 6.44. The number of oxazole rings is 1. The van der Waals surface area contributed by atoms with Gasteiger partial charge in [-0.2, -0.15) is 0 Å². The van der Waals surface area contributed by atoms with Crippen molar-refractivity contribution in [1.82, 2.24) is 10.3 Å². The maximum Gasteiger partial charge on any atom is 0.573 e. The van der Waals surface area contributed by atoms with Gasteiger partial charge in [0, 0.05) is 54.6 Å². The number of aryl methyl sites for hydroxylation is 1. The molecule has 0 bridgehead atoms. The molecule has 1 aliphatic carbocycles. The first kappa shape index (κ1) is 27.8. The maximum absolute atomic E-state index is 12.5. The smallest absolute Gasteiger partial charge is 0.424 e. The average Bonchev–Trinajstić information content (AvgIpc) is 3.37. The first-order valence-corrected chi connectivity index (χ1v) is 13.5. The number of benzene rings is 2. The number of nitro benzene ring substituents is 1. The minimum Gasteiger partial charge on any atom is -0.424 e. The quantitative estimate of drug-likeness (QED) is 0.240. The zero-order chi connectivity index (χ0) is 28.3. The fourth-order valence-electron chi connectivity index (χ4n) is 5.67. The first-order valence-electron chi connectivity index (χ1n) is 13.5. The highest BCUT2D eigenvalue weighted by Gasteiger charge is 2.32. The molecule has 0 amide bonds. The minimum atomic E-state index is -4.75. The van der Waals surface area contributed by atoms with Gasteiger partial charge >= 0.3 is 6.36 Å². The lowest BCUT2D eigenvalue weighted by atomic mass is 9.89. The topological polar surface area (TPSA) is 106 Å². The van der Waals surface area contributed by atoms with Crippen molar-refractivity contribution >= 4 is 17.4 Å². The van der Waals surface area contributed by atoms with Gasteiger partial charge in [0.2, 0.25) is 0 Å². The third-order valence-electron chi connectivity index (χ3n) is 7.57. The minimum absolute atomic E-state index is 0.0869. The van der Waals surface area contributed by atoms with E-state index < -0.39 is 6.36 Å². The van der Waals surface area contributed by atoms with Crippen LogP contribution in [0.2, 0.25) is 0 Å². The Balaban J connectivity index is 1.21. The molecule has 2 fully saturated rings. The van der Waals surface area contributed by atoms with Crippen LogP contribution in [0.3, 0.4) is 0 Å². The number of alkyl halides is 3.